The van der Waals surface area contributed by atoms with Crippen molar-refractivity contribution in [2.75, 3.05) is 6.61 Å². The van der Waals surface area contributed by atoms with Crippen molar-refractivity contribution in [2.45, 2.75) is 26.1 Å². The molecule has 0 unspecified atom stereocenters. The van der Waals surface area contributed by atoms with Crippen molar-refractivity contribution in [1.82, 2.24) is 4.98 Å². The lowest BCUT2D eigenvalue weighted by molar-refractivity contribution is 0.174. The number of hydrogen-bond donors (Lipinski definition) is 0. The molecule has 0 fully saturated rings. The van der Waals surface area contributed by atoms with E-state index in [-0.39, 0.29) is 0 Å². The number of aromatic nitrogens is 1. The highest BCUT2D eigenvalue weighted by Crippen LogP contribution is 2.10. The third kappa shape index (κ3) is 5.20. The first kappa shape index (κ1) is 13.1. The Kier molecular flexibility index (Phi) is 5.38. The van der Waals surface area contributed by atoms with E-state index in [1.54, 1.807) is 6.20 Å². The molecule has 88 valence electrons. The molecule has 3 nitrogen and oxygen atoms in total. The molecule has 4 heteroatoms. The van der Waals surface area contributed by atoms with E-state index < -0.39 is 8.56 Å². The van der Waals surface area contributed by atoms with Crippen LogP contribution in [0.4, 0.5) is 0 Å². The first-order valence-corrected chi connectivity index (χ1v) is 8.23. The summed E-state index contributed by atoms with van der Waals surface area (Å²) in [4.78, 5) is 4.04. The van der Waals surface area contributed by atoms with Gasteiger partial charge in [-0.2, -0.15) is 0 Å². The van der Waals surface area contributed by atoms with Gasteiger partial charge in [-0.3, -0.25) is 4.98 Å². The summed E-state index contributed by atoms with van der Waals surface area (Å²) in [5, 5.41) is 0. The number of nitrogens with zero attached hydrogens (tertiary/aromatic N) is 1. The maximum atomic E-state index is 5.80. The Morgan fingerprint density at radius 1 is 1.44 bits per heavy atom. The van der Waals surface area contributed by atoms with Crippen LogP contribution in [0.1, 0.15) is 12.0 Å². The molecule has 16 heavy (non-hydrogen) atoms. The van der Waals surface area contributed by atoms with Crippen LogP contribution in [0.15, 0.2) is 37.2 Å². The Morgan fingerprint density at radius 2 is 2.25 bits per heavy atom. The van der Waals surface area contributed by atoms with Gasteiger partial charge in [0.2, 0.25) is 0 Å². The first-order chi connectivity index (χ1) is 7.64. The summed E-state index contributed by atoms with van der Waals surface area (Å²) in [6, 6.07) is 3.91. The Morgan fingerprint density at radius 3 is 2.88 bits per heavy atom. The summed E-state index contributed by atoms with van der Waals surface area (Å²) in [5.74, 6) is 0. The molecule has 0 atom stereocenters. The van der Waals surface area contributed by atoms with Gasteiger partial charge < -0.3 is 8.85 Å². The topological polar surface area (TPSA) is 31.4 Å². The predicted octanol–water partition coefficient (Wildman–Crippen LogP) is 2.89. The van der Waals surface area contributed by atoms with Gasteiger partial charge in [-0.25, -0.2) is 0 Å². The molecule has 0 saturated heterocycles. The van der Waals surface area contributed by atoms with Gasteiger partial charge in [-0.1, -0.05) is 12.1 Å². The third-order valence-corrected chi connectivity index (χ3v) is 3.82. The van der Waals surface area contributed by atoms with Gasteiger partial charge in [-0.15, -0.1) is 6.58 Å². The summed E-state index contributed by atoms with van der Waals surface area (Å²) in [7, 11) is -2.00. The van der Waals surface area contributed by atoms with Crippen molar-refractivity contribution in [3.8, 4) is 0 Å². The second-order valence-corrected chi connectivity index (χ2v) is 7.35. The summed E-state index contributed by atoms with van der Waals surface area (Å²) >= 11 is 0. The molecular weight excluding hydrogens is 218 g/mol. The van der Waals surface area contributed by atoms with Gasteiger partial charge in [0.05, 0.1) is 6.61 Å². The molecule has 1 rings (SSSR count). The van der Waals surface area contributed by atoms with Crippen LogP contribution in [0.5, 0.6) is 0 Å². The van der Waals surface area contributed by atoms with Crippen LogP contribution in [0.2, 0.25) is 13.1 Å². The molecule has 0 aliphatic heterocycles. The van der Waals surface area contributed by atoms with E-state index in [2.05, 4.69) is 11.6 Å². The molecule has 0 aliphatic rings. The van der Waals surface area contributed by atoms with Crippen LogP contribution in [0.3, 0.4) is 0 Å². The van der Waals surface area contributed by atoms with Crippen molar-refractivity contribution in [3.05, 3.63) is 42.7 Å². The monoisotopic (exact) mass is 237 g/mol. The number of hydrogen-bond acceptors (Lipinski definition) is 3. The molecule has 1 heterocycles. The zero-order chi connectivity index (χ0) is 11.9. The van der Waals surface area contributed by atoms with Gasteiger partial charge in [0.15, 0.2) is 0 Å². The van der Waals surface area contributed by atoms with E-state index in [4.69, 9.17) is 8.85 Å². The van der Waals surface area contributed by atoms with Gasteiger partial charge in [0.1, 0.15) is 0 Å². The lowest BCUT2D eigenvalue weighted by Crippen LogP contribution is -2.34. The van der Waals surface area contributed by atoms with Crippen molar-refractivity contribution >= 4 is 8.56 Å². The predicted molar refractivity (Wildman–Crippen MR) is 67.3 cm³/mol. The molecule has 0 bridgehead atoms. The van der Waals surface area contributed by atoms with E-state index in [9.17, 15) is 0 Å². The van der Waals surface area contributed by atoms with Crippen LogP contribution >= 0.6 is 0 Å². The smallest absolute Gasteiger partial charge is 0.332 e. The quantitative estimate of drug-likeness (QED) is 0.415. The maximum absolute atomic E-state index is 5.80. The van der Waals surface area contributed by atoms with Gasteiger partial charge in [0, 0.05) is 19.0 Å². The zero-order valence-electron chi connectivity index (χ0n) is 9.98. The van der Waals surface area contributed by atoms with E-state index in [1.165, 1.54) is 0 Å². The van der Waals surface area contributed by atoms with Crippen LogP contribution < -0.4 is 0 Å². The minimum atomic E-state index is -2.00. The molecule has 1 aromatic heterocycles. The Labute approximate surface area is 98.4 Å². The van der Waals surface area contributed by atoms with E-state index in [0.717, 1.165) is 12.0 Å². The van der Waals surface area contributed by atoms with Crippen molar-refractivity contribution in [3.63, 3.8) is 0 Å². The number of rotatable bonds is 7. The Hall–Kier alpha value is -0.973. The highest BCUT2D eigenvalue weighted by molar-refractivity contribution is 6.64. The second-order valence-electron chi connectivity index (χ2n) is 3.98. The van der Waals surface area contributed by atoms with Gasteiger partial charge >= 0.3 is 8.56 Å². The summed E-state index contributed by atoms with van der Waals surface area (Å²) in [5.41, 5.74) is 1.08. The van der Waals surface area contributed by atoms with E-state index >= 15 is 0 Å². The molecule has 0 N–H and O–H groups in total. The molecule has 1 aromatic rings. The normalized spacial score (nSPS) is 11.4. The fourth-order valence-corrected chi connectivity index (χ4v) is 2.38. The van der Waals surface area contributed by atoms with E-state index in [0.29, 0.717) is 13.2 Å². The Balaban J connectivity index is 2.32. The molecular formula is C12H19NO2Si. The Bertz CT molecular complexity index is 314. The lowest BCUT2D eigenvalue weighted by Gasteiger charge is -2.22. The summed E-state index contributed by atoms with van der Waals surface area (Å²) < 4.78 is 11.5. The maximum Gasteiger partial charge on any atom is 0.332 e. The van der Waals surface area contributed by atoms with Gasteiger partial charge in [-0.05, 0) is 31.1 Å². The fraction of sp³-hybridized carbons (Fsp3) is 0.417. The van der Waals surface area contributed by atoms with Crippen LogP contribution in [0, 0.1) is 0 Å². The minimum absolute atomic E-state index is 0.571. The lowest BCUT2D eigenvalue weighted by atomic mass is 10.3. The summed E-state index contributed by atoms with van der Waals surface area (Å²) in [6.07, 6.45) is 6.29. The third-order valence-electron chi connectivity index (χ3n) is 2.08. The summed E-state index contributed by atoms with van der Waals surface area (Å²) in [6.45, 7) is 9.02. The standard InChI is InChI=1S/C12H19NO2Si/c1-4-5-9-14-16(2,3)15-11-12-7-6-8-13-10-12/h4,6-8,10H,1,5,9,11H2,2-3H3. The minimum Gasteiger partial charge on any atom is -0.394 e. The average molecular weight is 237 g/mol. The first-order valence-electron chi connectivity index (χ1n) is 5.42. The largest absolute Gasteiger partial charge is 0.394 e. The fourth-order valence-electron chi connectivity index (χ4n) is 1.17. The van der Waals surface area contributed by atoms with Crippen LogP contribution in [0.25, 0.3) is 0 Å². The molecule has 0 aliphatic carbocycles. The van der Waals surface area contributed by atoms with Crippen LogP contribution in [-0.2, 0) is 15.5 Å². The van der Waals surface area contributed by atoms with Crippen molar-refractivity contribution in [2.24, 2.45) is 0 Å². The molecule has 0 saturated carbocycles. The molecule has 0 aromatic carbocycles. The number of pyridine rings is 1. The molecule has 0 radical (unpaired) electrons. The van der Waals surface area contributed by atoms with Crippen molar-refractivity contribution in [1.29, 1.82) is 0 Å². The average Bonchev–Trinajstić information content (AvgIpc) is 2.28. The van der Waals surface area contributed by atoms with Crippen molar-refractivity contribution < 1.29 is 8.85 Å². The van der Waals surface area contributed by atoms with Crippen LogP contribution in [-0.4, -0.2) is 20.2 Å². The molecule has 0 spiro atoms. The molecule has 0 amide bonds. The highest BCUT2D eigenvalue weighted by Gasteiger charge is 2.23. The van der Waals surface area contributed by atoms with Gasteiger partial charge in [0.25, 0.3) is 0 Å². The van der Waals surface area contributed by atoms with E-state index in [1.807, 2.05) is 37.5 Å². The highest BCUT2D eigenvalue weighted by atomic mass is 28.4. The zero-order valence-corrected chi connectivity index (χ0v) is 11.0. The SMILES string of the molecule is C=CCCO[Si](C)(C)OCc1cccnc1. The second kappa shape index (κ2) is 6.58.